The number of pyridine rings is 1. The number of carbonyl (C=O) groups excluding carboxylic acids is 1. The molecule has 35 heavy (non-hydrogen) atoms. The summed E-state index contributed by atoms with van der Waals surface area (Å²) < 4.78 is 19.6. The van der Waals surface area contributed by atoms with E-state index in [1.54, 1.807) is 45.3 Å². The molecule has 0 radical (unpaired) electrons. The lowest BCUT2D eigenvalue weighted by Crippen LogP contribution is -2.38. The number of fused-ring (bicyclic) bond motifs is 1. The van der Waals surface area contributed by atoms with Gasteiger partial charge in [-0.3, -0.25) is 4.79 Å². The molecule has 1 aliphatic rings. The molecule has 0 saturated heterocycles. The van der Waals surface area contributed by atoms with Gasteiger partial charge in [0.1, 0.15) is 5.82 Å². The fraction of sp³-hybridized carbons (Fsp3) is 0.292. The molecule has 10 nitrogen and oxygen atoms in total. The quantitative estimate of drug-likeness (QED) is 0.515. The van der Waals surface area contributed by atoms with Gasteiger partial charge in [-0.15, -0.1) is 0 Å². The number of nitrogen functional groups attached to an aromatic ring is 1. The average Bonchev–Trinajstić information content (AvgIpc) is 2.83. The van der Waals surface area contributed by atoms with Crippen LogP contribution in [0.1, 0.15) is 28.6 Å². The second-order valence-electron chi connectivity index (χ2n) is 8.19. The third kappa shape index (κ3) is 5.13. The van der Waals surface area contributed by atoms with Gasteiger partial charge in [-0.2, -0.15) is 0 Å². The van der Waals surface area contributed by atoms with Crippen LogP contribution in [-0.2, 0) is 16.1 Å². The first-order chi connectivity index (χ1) is 16.8. The lowest BCUT2D eigenvalue weighted by Gasteiger charge is -2.29. The van der Waals surface area contributed by atoms with Gasteiger partial charge < -0.3 is 25.5 Å². The first-order valence-corrected chi connectivity index (χ1v) is 10.9. The van der Waals surface area contributed by atoms with Crippen molar-refractivity contribution >= 4 is 17.7 Å². The summed E-state index contributed by atoms with van der Waals surface area (Å²) in [5.74, 6) is 0.272. The zero-order valence-corrected chi connectivity index (χ0v) is 19.9. The van der Waals surface area contributed by atoms with Crippen molar-refractivity contribution in [2.24, 2.45) is 5.16 Å². The molecule has 3 aromatic rings. The molecule has 0 unspecified atom stereocenters. The number of amidine groups is 1. The van der Waals surface area contributed by atoms with Crippen LogP contribution in [0.15, 0.2) is 41.6 Å². The van der Waals surface area contributed by atoms with Crippen LogP contribution >= 0.6 is 0 Å². The predicted molar refractivity (Wildman–Crippen MR) is 128 cm³/mol. The molecule has 0 fully saturated rings. The number of carbonyl (C=O) groups is 1. The Morgan fingerprint density at radius 3 is 2.80 bits per heavy atom. The fourth-order valence-corrected chi connectivity index (χ4v) is 3.87. The van der Waals surface area contributed by atoms with Crippen LogP contribution in [0.3, 0.4) is 0 Å². The summed E-state index contributed by atoms with van der Waals surface area (Å²) in [6, 6.07) is 9.44. The summed E-state index contributed by atoms with van der Waals surface area (Å²) >= 11 is 0. The van der Waals surface area contributed by atoms with E-state index in [0.29, 0.717) is 46.3 Å². The number of oxime groups is 1. The van der Waals surface area contributed by atoms with Crippen LogP contribution in [0.5, 0.6) is 5.88 Å². The number of likely N-dealkylation sites (N-methyl/N-ethyl adjacent to an activating group) is 1. The third-order valence-corrected chi connectivity index (χ3v) is 5.57. The number of amides is 1. The Labute approximate surface area is 202 Å². The predicted octanol–water partition coefficient (Wildman–Crippen LogP) is 2.23. The number of benzene rings is 1. The van der Waals surface area contributed by atoms with Gasteiger partial charge in [0.05, 0.1) is 35.8 Å². The van der Waals surface area contributed by atoms with Gasteiger partial charge >= 0.3 is 0 Å². The number of nitrogens with zero attached hydrogens (tertiary/aromatic N) is 5. The summed E-state index contributed by atoms with van der Waals surface area (Å²) in [6.07, 6.45) is 0.432. The summed E-state index contributed by atoms with van der Waals surface area (Å²) in [4.78, 5) is 31.8. The maximum absolute atomic E-state index is 14.3. The first-order valence-electron chi connectivity index (χ1n) is 10.9. The highest BCUT2D eigenvalue weighted by molar-refractivity contribution is 6.01. The molecule has 182 valence electrons. The van der Waals surface area contributed by atoms with Crippen molar-refractivity contribution in [3.05, 3.63) is 64.7 Å². The number of halogens is 1. The molecule has 0 bridgehead atoms. The Kier molecular flexibility index (Phi) is 6.76. The van der Waals surface area contributed by atoms with Crippen molar-refractivity contribution in [1.29, 1.82) is 0 Å². The van der Waals surface area contributed by atoms with E-state index in [4.69, 9.17) is 15.3 Å². The standard InChI is InChI=1S/C24H26FN7O3/c1-13-22-19(30-24(26)27-13)11-18(29-23(22)31-35-12-21(33)32(2)3)15-9-8-14(25)10-16(15)17-6-5-7-20(28-17)34-4/h5-10,18H,11-12H2,1-4H3,(H,29,31)(H2,26,27,30)/t18-/m1/s1. The minimum atomic E-state index is -0.397. The number of nitrogens with one attached hydrogen (secondary N) is 1. The van der Waals surface area contributed by atoms with Gasteiger partial charge in [0.2, 0.25) is 11.8 Å². The molecule has 3 heterocycles. The molecule has 0 aliphatic carbocycles. The first kappa shape index (κ1) is 23.9. The van der Waals surface area contributed by atoms with E-state index in [0.717, 1.165) is 5.56 Å². The van der Waals surface area contributed by atoms with Crippen molar-refractivity contribution in [3.63, 3.8) is 0 Å². The molecule has 1 aliphatic heterocycles. The molecular weight excluding hydrogens is 453 g/mol. The molecular formula is C24H26FN7O3. The highest BCUT2D eigenvalue weighted by Gasteiger charge is 2.30. The maximum Gasteiger partial charge on any atom is 0.262 e. The van der Waals surface area contributed by atoms with E-state index in [9.17, 15) is 9.18 Å². The number of ether oxygens (including phenoxy) is 1. The molecule has 2 aromatic heterocycles. The molecule has 0 spiro atoms. The largest absolute Gasteiger partial charge is 0.481 e. The highest BCUT2D eigenvalue weighted by Crippen LogP contribution is 2.34. The van der Waals surface area contributed by atoms with Gasteiger partial charge in [-0.25, -0.2) is 19.3 Å². The van der Waals surface area contributed by atoms with Crippen molar-refractivity contribution in [2.75, 3.05) is 33.5 Å². The highest BCUT2D eigenvalue weighted by atomic mass is 19.1. The van der Waals surface area contributed by atoms with Crippen molar-refractivity contribution in [1.82, 2.24) is 25.2 Å². The van der Waals surface area contributed by atoms with E-state index >= 15 is 0 Å². The van der Waals surface area contributed by atoms with E-state index in [1.165, 1.54) is 24.1 Å². The van der Waals surface area contributed by atoms with E-state index in [2.05, 4.69) is 25.4 Å². The van der Waals surface area contributed by atoms with Gasteiger partial charge in [0, 0.05) is 32.1 Å². The minimum Gasteiger partial charge on any atom is -0.481 e. The van der Waals surface area contributed by atoms with Crippen molar-refractivity contribution in [3.8, 4) is 17.1 Å². The Bertz CT molecular complexity index is 1300. The van der Waals surface area contributed by atoms with Crippen LogP contribution in [-0.4, -0.2) is 59.4 Å². The Morgan fingerprint density at radius 2 is 2.06 bits per heavy atom. The monoisotopic (exact) mass is 479 g/mol. The maximum atomic E-state index is 14.3. The molecule has 3 N–H and O–H groups in total. The number of aryl methyl sites for hydroxylation is 1. The lowest BCUT2D eigenvalue weighted by atomic mass is 9.90. The number of methoxy groups -OCH3 is 1. The van der Waals surface area contributed by atoms with Crippen molar-refractivity contribution < 1.29 is 18.8 Å². The molecule has 11 heteroatoms. The summed E-state index contributed by atoms with van der Waals surface area (Å²) in [5, 5.41) is 7.53. The summed E-state index contributed by atoms with van der Waals surface area (Å²) in [5.41, 5.74) is 9.76. The van der Waals surface area contributed by atoms with Gasteiger partial charge in [-0.05, 0) is 30.7 Å². The molecule has 1 aromatic carbocycles. The third-order valence-electron chi connectivity index (χ3n) is 5.57. The van der Waals surface area contributed by atoms with Crippen LogP contribution < -0.4 is 15.8 Å². The Hall–Kier alpha value is -4.28. The smallest absolute Gasteiger partial charge is 0.262 e. The van der Waals surface area contributed by atoms with Crippen LogP contribution in [0.4, 0.5) is 10.3 Å². The van der Waals surface area contributed by atoms with Gasteiger partial charge in [0.15, 0.2) is 12.4 Å². The second kappa shape index (κ2) is 9.92. The number of aromatic nitrogens is 3. The number of anilines is 1. The number of hydrogen-bond acceptors (Lipinski definition) is 8. The van der Waals surface area contributed by atoms with Gasteiger partial charge in [-0.1, -0.05) is 17.3 Å². The van der Waals surface area contributed by atoms with E-state index in [-0.39, 0.29) is 24.5 Å². The number of rotatable bonds is 6. The Morgan fingerprint density at radius 1 is 1.26 bits per heavy atom. The summed E-state index contributed by atoms with van der Waals surface area (Å²) in [6.45, 7) is 1.56. The van der Waals surface area contributed by atoms with Crippen LogP contribution in [0, 0.1) is 12.7 Å². The molecule has 4 rings (SSSR count). The molecule has 1 atom stereocenters. The molecule has 1 amide bonds. The second-order valence-corrected chi connectivity index (χ2v) is 8.19. The normalized spacial score (nSPS) is 15.8. The van der Waals surface area contributed by atoms with E-state index < -0.39 is 5.82 Å². The Balaban J connectivity index is 1.77. The summed E-state index contributed by atoms with van der Waals surface area (Å²) in [7, 11) is 4.79. The zero-order valence-electron chi connectivity index (χ0n) is 19.9. The van der Waals surface area contributed by atoms with Crippen LogP contribution in [0.25, 0.3) is 11.3 Å². The number of nitrogens with two attached hydrogens (primary N) is 1. The lowest BCUT2D eigenvalue weighted by molar-refractivity contribution is -0.133. The fourth-order valence-electron chi connectivity index (χ4n) is 3.87. The minimum absolute atomic E-state index is 0.138. The SMILES string of the molecule is COc1cccc(-c2cc(F)ccc2[C@H]2Cc3nc(N)nc(C)c3C(=NOCC(=O)N(C)C)N2)n1. The average molecular weight is 480 g/mol. The molecule has 0 saturated carbocycles. The topological polar surface area (TPSA) is 128 Å². The van der Waals surface area contributed by atoms with Gasteiger partial charge in [0.25, 0.3) is 5.91 Å². The van der Waals surface area contributed by atoms with Crippen molar-refractivity contribution in [2.45, 2.75) is 19.4 Å². The van der Waals surface area contributed by atoms with Crippen LogP contribution in [0.2, 0.25) is 0 Å². The van der Waals surface area contributed by atoms with E-state index in [1.807, 2.05) is 0 Å². The number of hydrogen-bond donors (Lipinski definition) is 2. The zero-order chi connectivity index (χ0) is 25.1.